The molecule has 0 atom stereocenters. The third-order valence-electron chi connectivity index (χ3n) is 3.30. The van der Waals surface area contributed by atoms with Crippen LogP contribution in [0.3, 0.4) is 0 Å². The van der Waals surface area contributed by atoms with Gasteiger partial charge in [-0.1, -0.05) is 31.5 Å². The maximum atomic E-state index is 13.6. The molecule has 5 nitrogen and oxygen atoms in total. The Hall–Kier alpha value is -1.09. The summed E-state index contributed by atoms with van der Waals surface area (Å²) in [5.74, 6) is 0.513. The van der Waals surface area contributed by atoms with Crippen molar-refractivity contribution in [3.05, 3.63) is 34.6 Å². The first-order valence-electron chi connectivity index (χ1n) is 7.84. The van der Waals surface area contributed by atoms with Crippen LogP contribution in [0.15, 0.2) is 23.2 Å². The van der Waals surface area contributed by atoms with Crippen LogP contribution in [0.1, 0.15) is 19.4 Å². The van der Waals surface area contributed by atoms with E-state index in [1.54, 1.807) is 20.2 Å². The number of guanidine groups is 1. The van der Waals surface area contributed by atoms with Crippen LogP contribution in [0.4, 0.5) is 4.39 Å². The van der Waals surface area contributed by atoms with Crippen LogP contribution < -0.4 is 5.32 Å². The van der Waals surface area contributed by atoms with E-state index in [0.717, 1.165) is 12.1 Å². The van der Waals surface area contributed by atoms with Crippen LogP contribution in [0.2, 0.25) is 5.02 Å². The highest BCUT2D eigenvalue weighted by Crippen LogP contribution is 2.16. The number of aliphatic imine (C=N–C) groups is 1. The predicted molar refractivity (Wildman–Crippen MR) is 112 cm³/mol. The molecule has 0 fully saturated rings. The van der Waals surface area contributed by atoms with Gasteiger partial charge in [0.2, 0.25) is 5.91 Å². The van der Waals surface area contributed by atoms with Crippen molar-refractivity contribution in [1.82, 2.24) is 15.1 Å². The summed E-state index contributed by atoms with van der Waals surface area (Å²) in [4.78, 5) is 19.5. The van der Waals surface area contributed by atoms with E-state index < -0.39 is 5.82 Å². The normalized spacial score (nSPS) is 11.1. The standard InChI is InChI=1S/C17H26ClFN4O.HI/c1-12(2)9-20-17(21-10-16(24)22(3)4)23(5)11-13-6-7-14(18)15(19)8-13;/h6-8,12H,9-11H2,1-5H3,(H,20,21);1H. The number of halogens is 3. The fraction of sp³-hybridized carbons (Fsp3) is 0.529. The summed E-state index contributed by atoms with van der Waals surface area (Å²) in [7, 11) is 5.23. The lowest BCUT2D eigenvalue weighted by molar-refractivity contribution is -0.127. The number of nitrogens with zero attached hydrogens (tertiary/aromatic N) is 3. The Morgan fingerprint density at radius 1 is 1.32 bits per heavy atom. The SMILES string of the molecule is CC(C)CNC(=NCC(=O)N(C)C)N(C)Cc1ccc(Cl)c(F)c1.I. The van der Waals surface area contributed by atoms with Crippen LogP contribution in [-0.4, -0.2) is 55.9 Å². The van der Waals surface area contributed by atoms with Crippen molar-refractivity contribution in [2.45, 2.75) is 20.4 Å². The molecule has 0 spiro atoms. The Morgan fingerprint density at radius 2 is 1.96 bits per heavy atom. The first-order valence-corrected chi connectivity index (χ1v) is 8.22. The van der Waals surface area contributed by atoms with Gasteiger partial charge in [0.25, 0.3) is 0 Å². The Morgan fingerprint density at radius 3 is 2.48 bits per heavy atom. The molecule has 1 amide bonds. The monoisotopic (exact) mass is 484 g/mol. The van der Waals surface area contributed by atoms with Crippen LogP contribution in [0.5, 0.6) is 0 Å². The number of rotatable bonds is 6. The van der Waals surface area contributed by atoms with E-state index in [9.17, 15) is 9.18 Å². The predicted octanol–water partition coefficient (Wildman–Crippen LogP) is 3.22. The molecule has 1 aromatic rings. The van der Waals surface area contributed by atoms with Gasteiger partial charge in [-0.25, -0.2) is 9.38 Å². The smallest absolute Gasteiger partial charge is 0.243 e. The molecule has 1 N–H and O–H groups in total. The first kappa shape index (κ1) is 23.9. The van der Waals surface area contributed by atoms with E-state index in [1.165, 1.54) is 17.0 Å². The van der Waals surface area contributed by atoms with E-state index >= 15 is 0 Å². The average molecular weight is 485 g/mol. The van der Waals surface area contributed by atoms with Gasteiger partial charge < -0.3 is 15.1 Å². The average Bonchev–Trinajstić information content (AvgIpc) is 2.50. The second kappa shape index (κ2) is 11.5. The van der Waals surface area contributed by atoms with Crippen molar-refractivity contribution < 1.29 is 9.18 Å². The summed E-state index contributed by atoms with van der Waals surface area (Å²) in [6.07, 6.45) is 0. The molecular weight excluding hydrogens is 458 g/mol. The number of likely N-dealkylation sites (N-methyl/N-ethyl adjacent to an activating group) is 1. The van der Waals surface area contributed by atoms with Crippen LogP contribution in [0.25, 0.3) is 0 Å². The highest BCUT2D eigenvalue weighted by Gasteiger charge is 2.11. The Balaban J connectivity index is 0.00000576. The number of hydrogen-bond acceptors (Lipinski definition) is 2. The fourth-order valence-corrected chi connectivity index (χ4v) is 2.00. The minimum atomic E-state index is -0.445. The first-order chi connectivity index (χ1) is 11.2. The van der Waals surface area contributed by atoms with Crippen LogP contribution in [-0.2, 0) is 11.3 Å². The number of carbonyl (C=O) groups is 1. The molecule has 25 heavy (non-hydrogen) atoms. The number of amides is 1. The summed E-state index contributed by atoms with van der Waals surface area (Å²) in [5, 5.41) is 3.35. The molecule has 142 valence electrons. The second-order valence-electron chi connectivity index (χ2n) is 6.31. The van der Waals surface area contributed by atoms with E-state index in [4.69, 9.17) is 11.6 Å². The zero-order chi connectivity index (χ0) is 18.3. The summed E-state index contributed by atoms with van der Waals surface area (Å²) in [6.45, 7) is 5.42. The Labute approximate surface area is 171 Å². The second-order valence-corrected chi connectivity index (χ2v) is 6.71. The van der Waals surface area contributed by atoms with Crippen molar-refractivity contribution in [2.24, 2.45) is 10.9 Å². The molecule has 1 rings (SSSR count). The van der Waals surface area contributed by atoms with Gasteiger partial charge in [-0.15, -0.1) is 24.0 Å². The molecule has 8 heteroatoms. The molecule has 0 unspecified atom stereocenters. The highest BCUT2D eigenvalue weighted by atomic mass is 127. The van der Waals surface area contributed by atoms with Crippen LogP contribution in [0, 0.1) is 11.7 Å². The molecular formula is C17H27ClFIN4O. The lowest BCUT2D eigenvalue weighted by Crippen LogP contribution is -2.41. The Bertz CT molecular complexity index is 596. The number of nitrogens with one attached hydrogen (secondary N) is 1. The molecule has 0 aliphatic heterocycles. The topological polar surface area (TPSA) is 47.9 Å². The molecule has 1 aromatic carbocycles. The minimum Gasteiger partial charge on any atom is -0.356 e. The van der Waals surface area contributed by atoms with E-state index in [1.807, 2.05) is 11.9 Å². The van der Waals surface area contributed by atoms with E-state index in [0.29, 0.717) is 18.4 Å². The highest BCUT2D eigenvalue weighted by molar-refractivity contribution is 14.0. The molecule has 0 aromatic heterocycles. The quantitative estimate of drug-likeness (QED) is 0.383. The molecule has 0 heterocycles. The van der Waals surface area contributed by atoms with Crippen molar-refractivity contribution in [1.29, 1.82) is 0 Å². The van der Waals surface area contributed by atoms with Gasteiger partial charge in [0, 0.05) is 34.2 Å². The van der Waals surface area contributed by atoms with Gasteiger partial charge >= 0.3 is 0 Å². The summed E-state index contributed by atoms with van der Waals surface area (Å²) >= 11 is 5.71. The van der Waals surface area contributed by atoms with Gasteiger partial charge in [-0.3, -0.25) is 4.79 Å². The summed E-state index contributed by atoms with van der Waals surface area (Å²) in [5.41, 5.74) is 0.775. The summed E-state index contributed by atoms with van der Waals surface area (Å²) in [6, 6.07) is 4.71. The molecule has 0 saturated carbocycles. The molecule has 0 saturated heterocycles. The van der Waals surface area contributed by atoms with Crippen molar-refractivity contribution in [3.8, 4) is 0 Å². The number of hydrogen-bond donors (Lipinski definition) is 1. The van der Waals surface area contributed by atoms with Gasteiger partial charge in [0.1, 0.15) is 12.4 Å². The van der Waals surface area contributed by atoms with Crippen LogP contribution >= 0.6 is 35.6 Å². The van der Waals surface area contributed by atoms with E-state index in [-0.39, 0.29) is 41.5 Å². The number of carbonyl (C=O) groups excluding carboxylic acids is 1. The van der Waals surface area contributed by atoms with Gasteiger partial charge in [-0.2, -0.15) is 0 Å². The van der Waals surface area contributed by atoms with Gasteiger partial charge in [0.05, 0.1) is 5.02 Å². The maximum Gasteiger partial charge on any atom is 0.243 e. The van der Waals surface area contributed by atoms with Crippen molar-refractivity contribution >= 4 is 47.4 Å². The number of benzene rings is 1. The van der Waals surface area contributed by atoms with Crippen molar-refractivity contribution in [3.63, 3.8) is 0 Å². The zero-order valence-electron chi connectivity index (χ0n) is 15.3. The largest absolute Gasteiger partial charge is 0.356 e. The third-order valence-corrected chi connectivity index (χ3v) is 3.60. The molecule has 0 radical (unpaired) electrons. The molecule has 0 aliphatic rings. The minimum absolute atomic E-state index is 0. The van der Waals surface area contributed by atoms with E-state index in [2.05, 4.69) is 24.2 Å². The lowest BCUT2D eigenvalue weighted by atomic mass is 10.2. The van der Waals surface area contributed by atoms with Gasteiger partial charge in [0.15, 0.2) is 5.96 Å². The molecule has 0 bridgehead atoms. The van der Waals surface area contributed by atoms with Crippen molar-refractivity contribution in [2.75, 3.05) is 34.2 Å². The third kappa shape index (κ3) is 8.71. The zero-order valence-corrected chi connectivity index (χ0v) is 18.4. The Kier molecular flexibility index (Phi) is 11.0. The fourth-order valence-electron chi connectivity index (χ4n) is 1.88. The lowest BCUT2D eigenvalue weighted by Gasteiger charge is -2.23. The molecule has 0 aliphatic carbocycles. The maximum absolute atomic E-state index is 13.6. The summed E-state index contributed by atoms with van der Waals surface area (Å²) < 4.78 is 13.6. The van der Waals surface area contributed by atoms with Gasteiger partial charge in [-0.05, 0) is 23.6 Å².